The van der Waals surface area contributed by atoms with Gasteiger partial charge in [0.2, 0.25) is 5.60 Å². The smallest absolute Gasteiger partial charge is 0.355 e. The molecule has 2 aliphatic rings. The Hall–Kier alpha value is -3.52. The maximum atomic E-state index is 13.6. The molecule has 0 unspecified atom stereocenters. The summed E-state index contributed by atoms with van der Waals surface area (Å²) in [6.45, 7) is 5.69. The second-order valence-electron chi connectivity index (χ2n) is 8.54. The molecule has 1 aromatic carbocycles. The van der Waals surface area contributed by atoms with Crippen LogP contribution in [0, 0.1) is 6.92 Å². The molecule has 0 amide bonds. The van der Waals surface area contributed by atoms with Gasteiger partial charge in [-0.05, 0) is 43.5 Å². The first-order valence-electron chi connectivity index (χ1n) is 11.1. The number of hydrogen-bond acceptors (Lipinski definition) is 7. The van der Waals surface area contributed by atoms with Crippen molar-refractivity contribution >= 4 is 22.8 Å². The lowest BCUT2D eigenvalue weighted by atomic mass is 9.85. The number of ether oxygens (including phenoxy) is 2. The van der Waals surface area contributed by atoms with Crippen LogP contribution in [0.4, 0.5) is 0 Å². The molecule has 3 aromatic rings. The van der Waals surface area contributed by atoms with E-state index in [0.29, 0.717) is 23.4 Å². The first-order chi connectivity index (χ1) is 15.8. The van der Waals surface area contributed by atoms with Gasteiger partial charge in [0, 0.05) is 16.5 Å². The van der Waals surface area contributed by atoms with Gasteiger partial charge in [0.1, 0.15) is 6.61 Å². The molecule has 8 heteroatoms. The number of benzene rings is 1. The molecule has 0 saturated carbocycles. The number of fused-ring (bicyclic) bond motifs is 5. The first-order valence-corrected chi connectivity index (χ1v) is 11.1. The van der Waals surface area contributed by atoms with Gasteiger partial charge >= 0.3 is 11.9 Å². The van der Waals surface area contributed by atoms with Crippen molar-refractivity contribution in [3.8, 4) is 11.4 Å². The van der Waals surface area contributed by atoms with Crippen molar-refractivity contribution in [1.82, 2.24) is 9.55 Å². The van der Waals surface area contributed by atoms with Crippen LogP contribution in [0.25, 0.3) is 22.3 Å². The topological polar surface area (TPSA) is 114 Å². The van der Waals surface area contributed by atoms with E-state index in [0.717, 1.165) is 39.7 Å². The zero-order chi connectivity index (χ0) is 23.5. The van der Waals surface area contributed by atoms with Crippen LogP contribution < -0.4 is 11.3 Å². The summed E-state index contributed by atoms with van der Waals surface area (Å²) in [5, 5.41) is 1.08. The van der Waals surface area contributed by atoms with Crippen LogP contribution in [0.2, 0.25) is 0 Å². The van der Waals surface area contributed by atoms with E-state index >= 15 is 0 Å². The number of nitrogens with two attached hydrogens (primary N) is 1. The summed E-state index contributed by atoms with van der Waals surface area (Å²) in [6.07, 6.45) is 0.910. The van der Waals surface area contributed by atoms with Gasteiger partial charge in [-0.25, -0.2) is 9.78 Å². The SMILES string of the molecule is CCc1c2c(nc3ccc(C)cc13)-c1cc3c(c(=O)n1C2)COC(=O)[C@@]3(CC)OC(=O)CN. The number of cyclic esters (lactones) is 1. The summed E-state index contributed by atoms with van der Waals surface area (Å²) in [7, 11) is 0. The molecule has 8 nitrogen and oxygen atoms in total. The molecule has 2 aliphatic heterocycles. The third kappa shape index (κ3) is 2.94. The molecule has 0 aliphatic carbocycles. The predicted octanol–water partition coefficient (Wildman–Crippen LogP) is 2.46. The number of rotatable bonds is 4. The van der Waals surface area contributed by atoms with E-state index in [9.17, 15) is 14.4 Å². The summed E-state index contributed by atoms with van der Waals surface area (Å²) < 4.78 is 12.5. The summed E-state index contributed by atoms with van der Waals surface area (Å²) in [6, 6.07) is 7.89. The Morgan fingerprint density at radius 2 is 2.03 bits per heavy atom. The highest BCUT2D eigenvalue weighted by Gasteiger charge is 2.50. The zero-order valence-electron chi connectivity index (χ0n) is 18.9. The van der Waals surface area contributed by atoms with E-state index in [-0.39, 0.29) is 25.1 Å². The number of hydrogen-bond donors (Lipinski definition) is 1. The molecule has 0 bridgehead atoms. The third-order valence-corrected chi connectivity index (χ3v) is 6.74. The quantitative estimate of drug-likeness (QED) is 0.478. The van der Waals surface area contributed by atoms with Crippen molar-refractivity contribution < 1.29 is 19.1 Å². The highest BCUT2D eigenvalue weighted by Crippen LogP contribution is 2.42. The molecular formula is C25H25N3O5. The monoisotopic (exact) mass is 447 g/mol. The lowest BCUT2D eigenvalue weighted by molar-refractivity contribution is -0.188. The zero-order valence-corrected chi connectivity index (χ0v) is 18.9. The van der Waals surface area contributed by atoms with E-state index in [1.54, 1.807) is 17.6 Å². The molecular weight excluding hydrogens is 422 g/mol. The highest BCUT2D eigenvalue weighted by molar-refractivity contribution is 5.90. The average molecular weight is 447 g/mol. The lowest BCUT2D eigenvalue weighted by Gasteiger charge is -2.35. The van der Waals surface area contributed by atoms with Gasteiger partial charge in [-0.15, -0.1) is 0 Å². The molecule has 4 heterocycles. The van der Waals surface area contributed by atoms with Gasteiger partial charge in [-0.3, -0.25) is 9.59 Å². The van der Waals surface area contributed by atoms with Gasteiger partial charge in [-0.2, -0.15) is 0 Å². The molecule has 0 radical (unpaired) electrons. The lowest BCUT2D eigenvalue weighted by Crippen LogP contribution is -2.48. The van der Waals surface area contributed by atoms with E-state index < -0.39 is 17.5 Å². The molecule has 2 aromatic heterocycles. The molecule has 0 saturated heterocycles. The van der Waals surface area contributed by atoms with Gasteiger partial charge in [-0.1, -0.05) is 25.5 Å². The normalized spacial score (nSPS) is 18.5. The predicted molar refractivity (Wildman–Crippen MR) is 122 cm³/mol. The number of carbonyl (C=O) groups is 2. The van der Waals surface area contributed by atoms with Gasteiger partial charge in [0.15, 0.2) is 0 Å². The minimum absolute atomic E-state index is 0.116. The van der Waals surface area contributed by atoms with Crippen LogP contribution in [0.5, 0.6) is 0 Å². The Bertz CT molecular complexity index is 1410. The molecule has 0 spiro atoms. The molecule has 2 N–H and O–H groups in total. The Kier molecular flexibility index (Phi) is 4.86. The number of carbonyl (C=O) groups excluding carboxylic acids is 2. The van der Waals surface area contributed by atoms with Crippen molar-refractivity contribution in [2.24, 2.45) is 5.73 Å². The maximum Gasteiger partial charge on any atom is 0.355 e. The first kappa shape index (κ1) is 21.3. The molecule has 1 atom stereocenters. The van der Waals surface area contributed by atoms with Crippen LogP contribution in [0.1, 0.15) is 48.1 Å². The Morgan fingerprint density at radius 1 is 1.24 bits per heavy atom. The minimum Gasteiger partial charge on any atom is -0.457 e. The van der Waals surface area contributed by atoms with Crippen LogP contribution in [-0.4, -0.2) is 28.0 Å². The Morgan fingerprint density at radius 3 is 2.73 bits per heavy atom. The second-order valence-corrected chi connectivity index (χ2v) is 8.54. The second kappa shape index (κ2) is 7.52. The minimum atomic E-state index is -1.71. The average Bonchev–Trinajstić information content (AvgIpc) is 3.18. The number of aryl methyl sites for hydroxylation is 2. The third-order valence-electron chi connectivity index (χ3n) is 6.74. The summed E-state index contributed by atoms with van der Waals surface area (Å²) in [4.78, 5) is 43.5. The molecule has 170 valence electrons. The fourth-order valence-corrected chi connectivity index (χ4v) is 5.07. The summed E-state index contributed by atoms with van der Waals surface area (Å²) in [5.74, 6) is -1.44. The highest BCUT2D eigenvalue weighted by atomic mass is 16.6. The number of pyridine rings is 2. The van der Waals surface area contributed by atoms with Crippen LogP contribution >= 0.6 is 0 Å². The van der Waals surface area contributed by atoms with Gasteiger partial charge in [0.05, 0.1) is 35.6 Å². The standard InChI is InChI=1S/C25H25N3O5/c1-4-14-15-8-13(3)6-7-19(15)27-22-16(14)11-28-20(22)9-18-17(23(28)30)12-32-24(31)25(18,5-2)33-21(29)10-26/h6-9H,4-5,10-12,26H2,1-3H3/t25-/m0/s1. The van der Waals surface area contributed by atoms with Crippen LogP contribution in [0.3, 0.4) is 0 Å². The fourth-order valence-electron chi connectivity index (χ4n) is 5.07. The van der Waals surface area contributed by atoms with E-state index in [2.05, 4.69) is 13.0 Å². The molecule has 33 heavy (non-hydrogen) atoms. The Balaban J connectivity index is 1.80. The summed E-state index contributed by atoms with van der Waals surface area (Å²) in [5.41, 5.74) is 9.64. The molecule has 5 rings (SSSR count). The Labute approximate surface area is 190 Å². The van der Waals surface area contributed by atoms with E-state index in [1.807, 2.05) is 19.1 Å². The number of nitrogens with zero attached hydrogens (tertiary/aromatic N) is 2. The van der Waals surface area contributed by atoms with Crippen molar-refractivity contribution in [1.29, 1.82) is 0 Å². The van der Waals surface area contributed by atoms with Gasteiger partial charge in [0.25, 0.3) is 5.56 Å². The number of esters is 2. The van der Waals surface area contributed by atoms with E-state index in [1.165, 1.54) is 0 Å². The van der Waals surface area contributed by atoms with E-state index in [4.69, 9.17) is 20.2 Å². The van der Waals surface area contributed by atoms with Crippen LogP contribution in [-0.2, 0) is 44.2 Å². The number of aromatic nitrogens is 2. The van der Waals surface area contributed by atoms with Crippen molar-refractivity contribution in [2.75, 3.05) is 6.54 Å². The maximum absolute atomic E-state index is 13.6. The van der Waals surface area contributed by atoms with Crippen molar-refractivity contribution in [3.05, 3.63) is 62.4 Å². The van der Waals surface area contributed by atoms with Crippen molar-refractivity contribution in [3.63, 3.8) is 0 Å². The fraction of sp³-hybridized carbons (Fsp3) is 0.360. The largest absolute Gasteiger partial charge is 0.457 e. The summed E-state index contributed by atoms with van der Waals surface area (Å²) >= 11 is 0. The van der Waals surface area contributed by atoms with Crippen LogP contribution in [0.15, 0.2) is 29.1 Å². The molecule has 0 fully saturated rings. The van der Waals surface area contributed by atoms with Crippen molar-refractivity contribution in [2.45, 2.75) is 52.4 Å². The van der Waals surface area contributed by atoms with Gasteiger partial charge < -0.3 is 19.8 Å².